The van der Waals surface area contributed by atoms with Gasteiger partial charge >= 0.3 is 5.69 Å². The van der Waals surface area contributed by atoms with Gasteiger partial charge in [-0.15, -0.1) is 0 Å². The van der Waals surface area contributed by atoms with Gasteiger partial charge in [0.15, 0.2) is 5.03 Å². The van der Waals surface area contributed by atoms with Crippen LogP contribution in [0.15, 0.2) is 92.0 Å². The molecular formula is C29H23BrCl2N6O5S. The quantitative estimate of drug-likeness (QED) is 0.241. The fraction of sp³-hybridized carbons (Fsp3) is 0.172. The van der Waals surface area contributed by atoms with Gasteiger partial charge in [-0.05, 0) is 55.0 Å². The number of hydrogen-bond acceptors (Lipinski definition) is 6. The summed E-state index contributed by atoms with van der Waals surface area (Å²) in [5.41, 5.74) is -1.15. The number of fused-ring (bicyclic) bond motifs is 2. The van der Waals surface area contributed by atoms with Gasteiger partial charge in [0.1, 0.15) is 5.54 Å². The van der Waals surface area contributed by atoms with Gasteiger partial charge in [-0.25, -0.2) is 27.8 Å². The van der Waals surface area contributed by atoms with E-state index in [0.29, 0.717) is 16.6 Å². The van der Waals surface area contributed by atoms with Crippen molar-refractivity contribution in [3.8, 4) is 0 Å². The van der Waals surface area contributed by atoms with Crippen LogP contribution in [0.3, 0.4) is 0 Å². The average Bonchev–Trinajstić information content (AvgIpc) is 3.49. The van der Waals surface area contributed by atoms with Crippen LogP contribution in [0.5, 0.6) is 0 Å². The highest BCUT2D eigenvalue weighted by atomic mass is 79.9. The van der Waals surface area contributed by atoms with Crippen LogP contribution in [0.4, 0.5) is 11.6 Å². The van der Waals surface area contributed by atoms with Crippen molar-refractivity contribution in [2.45, 2.75) is 30.5 Å². The smallest absolute Gasteiger partial charge is 0.307 e. The maximum absolute atomic E-state index is 14.2. The van der Waals surface area contributed by atoms with Gasteiger partial charge in [0.2, 0.25) is 5.95 Å². The Balaban J connectivity index is 1.38. The third-order valence-corrected chi connectivity index (χ3v) is 9.82. The first kappa shape index (κ1) is 30.3. The number of nitrogens with one attached hydrogen (secondary N) is 2. The molecule has 0 aliphatic carbocycles. The monoisotopic (exact) mass is 716 g/mol. The van der Waals surface area contributed by atoms with Gasteiger partial charge in [-0.3, -0.25) is 18.7 Å². The molecule has 44 heavy (non-hydrogen) atoms. The second kappa shape index (κ2) is 11.3. The summed E-state index contributed by atoms with van der Waals surface area (Å²) in [6.45, 7) is 1.12. The highest BCUT2D eigenvalue weighted by Gasteiger charge is 2.51. The van der Waals surface area contributed by atoms with Crippen LogP contribution in [0.1, 0.15) is 12.5 Å². The van der Waals surface area contributed by atoms with Crippen molar-refractivity contribution in [1.29, 1.82) is 0 Å². The molecular weight excluding hydrogens is 695 g/mol. The zero-order chi connectivity index (χ0) is 31.4. The number of benzene rings is 3. The number of aromatic nitrogens is 4. The molecule has 1 unspecified atom stereocenters. The number of sulfonamides is 1. The summed E-state index contributed by atoms with van der Waals surface area (Å²) >= 11 is 15.9. The van der Waals surface area contributed by atoms with E-state index in [1.165, 1.54) is 15.5 Å². The Morgan fingerprint density at radius 3 is 2.39 bits per heavy atom. The maximum Gasteiger partial charge on any atom is 0.328 e. The van der Waals surface area contributed by atoms with Crippen molar-refractivity contribution < 1.29 is 13.2 Å². The van der Waals surface area contributed by atoms with Crippen molar-refractivity contribution >= 4 is 77.6 Å². The molecule has 1 amide bonds. The number of anilines is 2. The largest absolute Gasteiger partial charge is 0.328 e. The fourth-order valence-corrected chi connectivity index (χ4v) is 7.39. The molecule has 0 saturated carbocycles. The first-order valence-electron chi connectivity index (χ1n) is 13.2. The molecule has 11 nitrogen and oxygen atoms in total. The Morgan fingerprint density at radius 2 is 1.68 bits per heavy atom. The minimum absolute atomic E-state index is 0.0653. The molecule has 1 aliphatic heterocycles. The standard InChI is InChI=1S/C29H23BrCl2N6O5S/c1-29(15-17-6-8-18(30)9-7-17)26(40)37(21-13-19(31)12-20(32)14-21)27-33-16-24(38(27)29)44(42,43)34-10-11-36-25(39)22-4-2-3-5-23(22)35-28(36)41/h2-9,12-14,16,34H,10-11,15H2,1H3,(H,35,41). The predicted octanol–water partition coefficient (Wildman–Crippen LogP) is 4.57. The van der Waals surface area contributed by atoms with E-state index in [4.69, 9.17) is 23.2 Å². The summed E-state index contributed by atoms with van der Waals surface area (Å²) in [6.07, 6.45) is 1.30. The van der Waals surface area contributed by atoms with Crippen molar-refractivity contribution in [2.24, 2.45) is 0 Å². The second-order valence-electron chi connectivity index (χ2n) is 10.4. The van der Waals surface area contributed by atoms with Crippen molar-refractivity contribution in [1.82, 2.24) is 23.8 Å². The van der Waals surface area contributed by atoms with Crippen molar-refractivity contribution in [2.75, 3.05) is 11.4 Å². The number of imidazole rings is 1. The second-order valence-corrected chi connectivity index (χ2v) is 13.9. The topological polar surface area (TPSA) is 139 Å². The van der Waals surface area contributed by atoms with Gasteiger partial charge in [0, 0.05) is 34.0 Å². The van der Waals surface area contributed by atoms with Crippen LogP contribution in [-0.2, 0) is 33.3 Å². The summed E-state index contributed by atoms with van der Waals surface area (Å²) in [5.74, 6) is -0.372. The molecule has 5 aromatic rings. The molecule has 1 aliphatic rings. The van der Waals surface area contributed by atoms with Crippen LogP contribution in [-0.4, -0.2) is 40.0 Å². The number of nitrogens with zero attached hydrogens (tertiary/aromatic N) is 4. The van der Waals surface area contributed by atoms with Gasteiger partial charge in [0.25, 0.3) is 21.5 Å². The van der Waals surface area contributed by atoms with Crippen LogP contribution >= 0.6 is 39.1 Å². The molecule has 2 N–H and O–H groups in total. The SMILES string of the molecule is CC1(Cc2ccc(Br)cc2)C(=O)N(c2cc(Cl)cc(Cl)c2)c2ncc(S(=O)(=O)NCCn3c(=O)[nH]c4ccccc4c3=O)n21. The molecule has 3 aromatic carbocycles. The molecule has 0 spiro atoms. The Bertz CT molecular complexity index is 2160. The molecule has 6 rings (SSSR count). The zero-order valence-corrected chi connectivity index (χ0v) is 26.8. The highest BCUT2D eigenvalue weighted by molar-refractivity contribution is 9.10. The lowest BCUT2D eigenvalue weighted by atomic mass is 9.92. The minimum atomic E-state index is -4.31. The molecule has 0 saturated heterocycles. The van der Waals surface area contributed by atoms with Crippen LogP contribution < -0.4 is 20.9 Å². The summed E-state index contributed by atoms with van der Waals surface area (Å²) in [5, 5.41) is 0.601. The van der Waals surface area contributed by atoms with Gasteiger partial charge in [-0.1, -0.05) is 63.4 Å². The molecule has 1 atom stereocenters. The molecule has 2 aromatic heterocycles. The summed E-state index contributed by atoms with van der Waals surface area (Å²) < 4.78 is 33.1. The van der Waals surface area contributed by atoms with Crippen LogP contribution in [0.2, 0.25) is 10.0 Å². The first-order valence-corrected chi connectivity index (χ1v) is 16.3. The third kappa shape index (κ3) is 5.28. The van der Waals surface area contributed by atoms with E-state index in [1.54, 1.807) is 43.3 Å². The van der Waals surface area contributed by atoms with Gasteiger partial charge in [0.05, 0.1) is 22.8 Å². The lowest BCUT2D eigenvalue weighted by Gasteiger charge is -2.26. The van der Waals surface area contributed by atoms with E-state index in [-0.39, 0.29) is 40.5 Å². The highest BCUT2D eigenvalue weighted by Crippen LogP contribution is 2.44. The Morgan fingerprint density at radius 1 is 1.00 bits per heavy atom. The molecule has 3 heterocycles. The molecule has 0 radical (unpaired) electrons. The number of H-pyrrole nitrogens is 1. The number of para-hydroxylation sites is 1. The lowest BCUT2D eigenvalue weighted by Crippen LogP contribution is -2.43. The van der Waals surface area contributed by atoms with E-state index in [9.17, 15) is 22.8 Å². The van der Waals surface area contributed by atoms with Crippen LogP contribution in [0.25, 0.3) is 10.9 Å². The fourth-order valence-electron chi connectivity index (χ4n) is 5.39. The summed E-state index contributed by atoms with van der Waals surface area (Å²) in [4.78, 5) is 47.9. The van der Waals surface area contributed by atoms with E-state index in [2.05, 4.69) is 30.6 Å². The predicted molar refractivity (Wildman–Crippen MR) is 171 cm³/mol. The summed E-state index contributed by atoms with van der Waals surface area (Å²) in [7, 11) is -4.31. The molecule has 0 fully saturated rings. The Kier molecular flexibility index (Phi) is 7.79. The van der Waals surface area contributed by atoms with Gasteiger partial charge in [-0.2, -0.15) is 0 Å². The van der Waals surface area contributed by atoms with Gasteiger partial charge < -0.3 is 4.98 Å². The van der Waals surface area contributed by atoms with Crippen LogP contribution in [0, 0.1) is 0 Å². The number of carbonyl (C=O) groups is 1. The molecule has 15 heteroatoms. The van der Waals surface area contributed by atoms with E-state index >= 15 is 0 Å². The number of hydrogen-bond donors (Lipinski definition) is 2. The summed E-state index contributed by atoms with van der Waals surface area (Å²) in [6, 6.07) is 18.5. The normalized spacial score (nSPS) is 16.5. The maximum atomic E-state index is 14.2. The number of rotatable bonds is 8. The Hall–Kier alpha value is -3.75. The van der Waals surface area contributed by atoms with E-state index < -0.39 is 32.7 Å². The first-order chi connectivity index (χ1) is 20.9. The lowest BCUT2D eigenvalue weighted by molar-refractivity contribution is -0.124. The Labute approximate surface area is 269 Å². The zero-order valence-electron chi connectivity index (χ0n) is 22.9. The number of amides is 1. The van der Waals surface area contributed by atoms with Crippen molar-refractivity contribution in [3.63, 3.8) is 0 Å². The number of halogens is 3. The number of carbonyl (C=O) groups excluding carboxylic acids is 1. The number of aromatic amines is 1. The average molecular weight is 718 g/mol. The van der Waals surface area contributed by atoms with Crippen molar-refractivity contribution in [3.05, 3.63) is 114 Å². The third-order valence-electron chi connectivity index (χ3n) is 7.43. The molecule has 226 valence electrons. The van der Waals surface area contributed by atoms with E-state index in [0.717, 1.165) is 20.8 Å². The van der Waals surface area contributed by atoms with E-state index in [1.807, 2.05) is 24.3 Å². The molecule has 0 bridgehead atoms. The minimum Gasteiger partial charge on any atom is -0.307 e.